The molecule has 2 saturated heterocycles. The fourth-order valence-corrected chi connectivity index (χ4v) is 2.55. The van der Waals surface area contributed by atoms with Crippen LogP contribution < -0.4 is 0 Å². The number of rotatable bonds is 0. The Bertz CT molecular complexity index is 92.2. The van der Waals surface area contributed by atoms with Gasteiger partial charge in [-0.25, -0.2) is 0 Å². The third-order valence-corrected chi connectivity index (χ3v) is 3.08. The third-order valence-electron chi connectivity index (χ3n) is 1.99. The Balaban J connectivity index is 1.93. The van der Waals surface area contributed by atoms with E-state index < -0.39 is 0 Å². The molecule has 0 saturated carbocycles. The molecule has 2 aliphatic heterocycles. The van der Waals surface area contributed by atoms with Crippen molar-refractivity contribution >= 4 is 11.8 Å². The molecule has 2 atom stereocenters. The average Bonchev–Trinajstić information content (AvgIpc) is 2.05. The molecule has 2 heterocycles. The van der Waals surface area contributed by atoms with E-state index in [0.29, 0.717) is 12.2 Å². The van der Waals surface area contributed by atoms with Crippen LogP contribution in [-0.4, -0.2) is 36.9 Å². The highest BCUT2D eigenvalue weighted by molar-refractivity contribution is 7.99. The van der Waals surface area contributed by atoms with E-state index >= 15 is 0 Å². The van der Waals surface area contributed by atoms with Gasteiger partial charge in [-0.2, -0.15) is 11.8 Å². The second-order valence-corrected chi connectivity index (χ2v) is 3.83. The highest BCUT2D eigenvalue weighted by Gasteiger charge is 2.29. The van der Waals surface area contributed by atoms with Crippen molar-refractivity contribution in [3.05, 3.63) is 0 Å². The predicted molar refractivity (Wildman–Crippen MR) is 41.4 cm³/mol. The first-order valence-corrected chi connectivity index (χ1v) is 4.93. The Hall–Kier alpha value is 0.270. The van der Waals surface area contributed by atoms with Crippen LogP contribution in [0.5, 0.6) is 0 Å². The molecule has 0 N–H and O–H groups in total. The summed E-state index contributed by atoms with van der Waals surface area (Å²) in [7, 11) is 0. The predicted octanol–water partition coefficient (Wildman–Crippen LogP) is 0.907. The SMILES string of the molecule is C1COC2CSCCC2O1. The van der Waals surface area contributed by atoms with Gasteiger partial charge >= 0.3 is 0 Å². The van der Waals surface area contributed by atoms with E-state index in [2.05, 4.69) is 0 Å². The maximum absolute atomic E-state index is 5.54. The summed E-state index contributed by atoms with van der Waals surface area (Å²) < 4.78 is 11.1. The maximum atomic E-state index is 5.54. The zero-order valence-electron chi connectivity index (χ0n) is 5.91. The van der Waals surface area contributed by atoms with E-state index in [-0.39, 0.29) is 0 Å². The van der Waals surface area contributed by atoms with Crippen molar-refractivity contribution in [2.45, 2.75) is 18.6 Å². The van der Waals surface area contributed by atoms with Crippen LogP contribution in [0.25, 0.3) is 0 Å². The number of ether oxygens (including phenoxy) is 2. The van der Waals surface area contributed by atoms with E-state index in [9.17, 15) is 0 Å². The number of hydrogen-bond acceptors (Lipinski definition) is 3. The van der Waals surface area contributed by atoms with Crippen LogP contribution in [0.15, 0.2) is 0 Å². The summed E-state index contributed by atoms with van der Waals surface area (Å²) in [4.78, 5) is 0. The maximum Gasteiger partial charge on any atom is 0.0928 e. The quantitative estimate of drug-likeness (QED) is 0.524. The van der Waals surface area contributed by atoms with Crippen molar-refractivity contribution in [3.63, 3.8) is 0 Å². The van der Waals surface area contributed by atoms with Gasteiger partial charge in [-0.15, -0.1) is 0 Å². The van der Waals surface area contributed by atoms with E-state index in [1.165, 1.54) is 12.2 Å². The van der Waals surface area contributed by atoms with E-state index in [0.717, 1.165) is 19.0 Å². The van der Waals surface area contributed by atoms with Crippen LogP contribution in [0, 0.1) is 0 Å². The standard InChI is InChI=1S/C7H12O2S/c1-4-10-5-7-6(1)8-2-3-9-7/h6-7H,1-5H2. The lowest BCUT2D eigenvalue weighted by Gasteiger charge is -2.34. The molecule has 0 amide bonds. The number of hydrogen-bond donors (Lipinski definition) is 0. The Morgan fingerprint density at radius 1 is 1.10 bits per heavy atom. The zero-order valence-corrected chi connectivity index (χ0v) is 6.73. The summed E-state index contributed by atoms with van der Waals surface area (Å²) in [6.45, 7) is 1.59. The van der Waals surface area contributed by atoms with Crippen molar-refractivity contribution in [3.8, 4) is 0 Å². The Morgan fingerprint density at radius 2 is 1.90 bits per heavy atom. The molecule has 0 bridgehead atoms. The monoisotopic (exact) mass is 160 g/mol. The summed E-state index contributed by atoms with van der Waals surface area (Å²) in [6, 6.07) is 0. The smallest absolute Gasteiger partial charge is 0.0928 e. The summed E-state index contributed by atoms with van der Waals surface area (Å²) in [6.07, 6.45) is 1.98. The largest absolute Gasteiger partial charge is 0.373 e. The summed E-state index contributed by atoms with van der Waals surface area (Å²) in [5, 5.41) is 0. The summed E-state index contributed by atoms with van der Waals surface area (Å²) in [5.41, 5.74) is 0. The van der Waals surface area contributed by atoms with E-state index in [4.69, 9.17) is 9.47 Å². The van der Waals surface area contributed by atoms with Crippen LogP contribution in [0.4, 0.5) is 0 Å². The Labute approximate surface area is 65.3 Å². The summed E-state index contributed by atoms with van der Waals surface area (Å²) >= 11 is 1.98. The van der Waals surface area contributed by atoms with Gasteiger partial charge in [0.15, 0.2) is 0 Å². The molecule has 3 heteroatoms. The highest BCUT2D eigenvalue weighted by Crippen LogP contribution is 2.24. The van der Waals surface area contributed by atoms with Crippen LogP contribution >= 0.6 is 11.8 Å². The molecular weight excluding hydrogens is 148 g/mol. The molecule has 0 aromatic carbocycles. The van der Waals surface area contributed by atoms with Crippen molar-refractivity contribution < 1.29 is 9.47 Å². The fourth-order valence-electron chi connectivity index (χ4n) is 1.44. The van der Waals surface area contributed by atoms with Crippen molar-refractivity contribution in [2.24, 2.45) is 0 Å². The lowest BCUT2D eigenvalue weighted by molar-refractivity contribution is -0.132. The molecule has 2 unspecified atom stereocenters. The third kappa shape index (κ3) is 1.31. The van der Waals surface area contributed by atoms with Gasteiger partial charge in [-0.05, 0) is 12.2 Å². The molecular formula is C7H12O2S. The lowest BCUT2D eigenvalue weighted by atomic mass is 10.1. The van der Waals surface area contributed by atoms with Gasteiger partial charge in [-0.3, -0.25) is 0 Å². The Morgan fingerprint density at radius 3 is 2.70 bits per heavy atom. The molecule has 0 radical (unpaired) electrons. The topological polar surface area (TPSA) is 18.5 Å². The van der Waals surface area contributed by atoms with Crippen LogP contribution in [0.3, 0.4) is 0 Å². The van der Waals surface area contributed by atoms with Crippen molar-refractivity contribution in [1.82, 2.24) is 0 Å². The van der Waals surface area contributed by atoms with Crippen LogP contribution in [0.2, 0.25) is 0 Å². The van der Waals surface area contributed by atoms with Gasteiger partial charge in [0, 0.05) is 5.75 Å². The molecule has 0 aromatic rings. The minimum atomic E-state index is 0.396. The molecule has 58 valence electrons. The van der Waals surface area contributed by atoms with Crippen LogP contribution in [-0.2, 0) is 9.47 Å². The molecule has 2 rings (SSSR count). The molecule has 2 fully saturated rings. The van der Waals surface area contributed by atoms with E-state index in [1.54, 1.807) is 0 Å². The second-order valence-electron chi connectivity index (χ2n) is 2.68. The molecule has 10 heavy (non-hydrogen) atoms. The molecule has 0 aromatic heterocycles. The Kier molecular flexibility index (Phi) is 2.16. The first kappa shape index (κ1) is 6.95. The van der Waals surface area contributed by atoms with Crippen molar-refractivity contribution in [1.29, 1.82) is 0 Å². The van der Waals surface area contributed by atoms with Gasteiger partial charge in [-0.1, -0.05) is 0 Å². The van der Waals surface area contributed by atoms with Gasteiger partial charge in [0.2, 0.25) is 0 Å². The minimum absolute atomic E-state index is 0.396. The second kappa shape index (κ2) is 3.11. The first-order chi connectivity index (χ1) is 4.97. The van der Waals surface area contributed by atoms with E-state index in [1.807, 2.05) is 11.8 Å². The molecule has 0 spiro atoms. The normalized spacial score (nSPS) is 40.8. The van der Waals surface area contributed by atoms with Gasteiger partial charge < -0.3 is 9.47 Å². The minimum Gasteiger partial charge on any atom is -0.373 e. The lowest BCUT2D eigenvalue weighted by Crippen LogP contribution is -2.42. The van der Waals surface area contributed by atoms with Gasteiger partial charge in [0.05, 0.1) is 25.4 Å². The molecule has 2 nitrogen and oxygen atoms in total. The summed E-state index contributed by atoms with van der Waals surface area (Å²) in [5.74, 6) is 2.37. The van der Waals surface area contributed by atoms with Crippen molar-refractivity contribution in [2.75, 3.05) is 24.7 Å². The number of thioether (sulfide) groups is 1. The van der Waals surface area contributed by atoms with Gasteiger partial charge in [0.1, 0.15) is 0 Å². The van der Waals surface area contributed by atoms with Crippen LogP contribution in [0.1, 0.15) is 6.42 Å². The molecule has 0 aliphatic carbocycles. The van der Waals surface area contributed by atoms with Gasteiger partial charge in [0.25, 0.3) is 0 Å². The zero-order chi connectivity index (χ0) is 6.81. The first-order valence-electron chi connectivity index (χ1n) is 3.78. The highest BCUT2D eigenvalue weighted by atomic mass is 32.2. The number of fused-ring (bicyclic) bond motifs is 1. The average molecular weight is 160 g/mol. The molecule has 2 aliphatic rings. The fraction of sp³-hybridized carbons (Fsp3) is 1.00.